The van der Waals surface area contributed by atoms with E-state index in [2.05, 4.69) is 23.7 Å². The summed E-state index contributed by atoms with van der Waals surface area (Å²) in [6.07, 6.45) is 64.4. The van der Waals surface area contributed by atoms with E-state index in [0.29, 0.717) is 6.42 Å². The van der Waals surface area contributed by atoms with Crippen LogP contribution in [0.5, 0.6) is 0 Å². The van der Waals surface area contributed by atoms with Crippen LogP contribution in [0.1, 0.15) is 316 Å². The second-order valence-electron chi connectivity index (χ2n) is 19.6. The summed E-state index contributed by atoms with van der Waals surface area (Å²) < 4.78 is 16.0. The van der Waals surface area contributed by atoms with E-state index in [1.165, 1.54) is 257 Å². The van der Waals surface area contributed by atoms with E-state index in [9.17, 15) is 24.3 Å². The Bertz CT molecular complexity index is 988. The minimum atomic E-state index is -4.72. The smallest absolute Gasteiger partial charge is 0.387 e. The van der Waals surface area contributed by atoms with Crippen molar-refractivity contribution < 1.29 is 28.8 Å². The Morgan fingerprint density at radius 2 is 0.698 bits per heavy atom. The fourth-order valence-corrected chi connectivity index (χ4v) is 9.35. The summed E-state index contributed by atoms with van der Waals surface area (Å²) in [5.41, 5.74) is 0. The van der Waals surface area contributed by atoms with Crippen molar-refractivity contribution in [1.82, 2.24) is 5.32 Å². The van der Waals surface area contributed by atoms with Gasteiger partial charge in [-0.25, -0.2) is 4.57 Å². The molecule has 0 aromatic heterocycles. The highest BCUT2D eigenvalue weighted by atomic mass is 31.2. The zero-order valence-electron chi connectivity index (χ0n) is 42.3. The lowest BCUT2D eigenvalue weighted by Gasteiger charge is -2.22. The van der Waals surface area contributed by atoms with Crippen LogP contribution >= 0.6 is 7.82 Å². The molecule has 0 saturated carbocycles. The average Bonchev–Trinajstić information content (AvgIpc) is 3.26. The molecule has 63 heavy (non-hydrogen) atoms. The Labute approximate surface area is 393 Å². The maximum atomic E-state index is 12.7. The van der Waals surface area contributed by atoms with Gasteiger partial charge in [0.2, 0.25) is 5.91 Å². The van der Waals surface area contributed by atoms with Crippen molar-refractivity contribution in [3.63, 3.8) is 0 Å². The second kappa shape index (κ2) is 50.7. The number of carbonyl (C=O) groups excluding carboxylic acids is 1. The van der Waals surface area contributed by atoms with E-state index < -0.39 is 26.6 Å². The zero-order chi connectivity index (χ0) is 46.0. The Hall–Kier alpha value is -0.720. The Balaban J connectivity index is 3.64. The van der Waals surface area contributed by atoms with Crippen molar-refractivity contribution >= 4 is 13.7 Å². The van der Waals surface area contributed by atoms with Crippen molar-refractivity contribution in [3.05, 3.63) is 12.2 Å². The molecule has 0 aromatic rings. The summed E-state index contributed by atoms with van der Waals surface area (Å²) in [6.45, 7) is 4.11. The highest BCUT2D eigenvalue weighted by Crippen LogP contribution is 2.36. The molecule has 0 radical (unpaired) electrons. The van der Waals surface area contributed by atoms with Crippen LogP contribution in [0.3, 0.4) is 0 Å². The molecule has 0 unspecified atom stereocenters. The van der Waals surface area contributed by atoms with Gasteiger partial charge in [0.25, 0.3) is 0 Å². The third kappa shape index (κ3) is 52.1. The number of unbranched alkanes of at least 4 members (excludes halogenated alkanes) is 44. The lowest BCUT2D eigenvalue weighted by atomic mass is 10.0. The molecule has 4 N–H and O–H groups in total. The minimum Gasteiger partial charge on any atom is -0.387 e. The average molecular weight is 912 g/mol. The number of allylic oxidation sites excluding steroid dienone is 1. The minimum absolute atomic E-state index is 0.219. The van der Waals surface area contributed by atoms with E-state index in [1.54, 1.807) is 6.08 Å². The molecular formula is C55H110NO6P. The van der Waals surface area contributed by atoms with E-state index >= 15 is 0 Å². The Morgan fingerprint density at radius 3 is 0.968 bits per heavy atom. The van der Waals surface area contributed by atoms with Crippen molar-refractivity contribution in [2.45, 2.75) is 328 Å². The van der Waals surface area contributed by atoms with Gasteiger partial charge in [0, 0.05) is 6.42 Å². The van der Waals surface area contributed by atoms with Crippen molar-refractivity contribution in [1.29, 1.82) is 0 Å². The van der Waals surface area contributed by atoms with Gasteiger partial charge in [-0.15, -0.1) is 0 Å². The first-order chi connectivity index (χ1) is 30.8. The summed E-state index contributed by atoms with van der Waals surface area (Å²) in [5, 5.41) is 13.5. The van der Waals surface area contributed by atoms with E-state index in [4.69, 9.17) is 0 Å². The molecule has 0 saturated heterocycles. The van der Waals surface area contributed by atoms with Crippen LogP contribution in [0, 0.1) is 0 Å². The second-order valence-corrected chi connectivity index (χ2v) is 20.9. The number of amides is 1. The van der Waals surface area contributed by atoms with Gasteiger partial charge in [-0.3, -0.25) is 9.32 Å². The zero-order valence-corrected chi connectivity index (χ0v) is 43.2. The van der Waals surface area contributed by atoms with Gasteiger partial charge in [0.1, 0.15) is 0 Å². The number of aliphatic hydroxyl groups is 1. The number of carbonyl (C=O) groups is 1. The monoisotopic (exact) mass is 912 g/mol. The first kappa shape index (κ1) is 62.3. The molecule has 0 bridgehead atoms. The summed E-state index contributed by atoms with van der Waals surface area (Å²) in [5.74, 6) is -0.219. The number of hydrogen-bond acceptors (Lipinski definition) is 4. The molecule has 7 nitrogen and oxygen atoms in total. The van der Waals surface area contributed by atoms with Crippen molar-refractivity contribution in [3.8, 4) is 0 Å². The van der Waals surface area contributed by atoms with Gasteiger partial charge >= 0.3 is 7.82 Å². The van der Waals surface area contributed by atoms with E-state index in [-0.39, 0.29) is 5.91 Å². The van der Waals surface area contributed by atoms with Gasteiger partial charge in [-0.05, 0) is 19.3 Å². The molecule has 1 amide bonds. The lowest BCUT2D eigenvalue weighted by molar-refractivity contribution is -0.123. The van der Waals surface area contributed by atoms with Crippen LogP contribution in [0.4, 0.5) is 0 Å². The molecule has 0 rings (SSSR count). The largest absolute Gasteiger partial charge is 0.469 e. The van der Waals surface area contributed by atoms with Crippen molar-refractivity contribution in [2.75, 3.05) is 6.61 Å². The van der Waals surface area contributed by atoms with Gasteiger partial charge in [0.15, 0.2) is 0 Å². The SMILES string of the molecule is CCCCCCCCCCCCCC/C=C/[C@@H](O)[C@H](COP(=O)(O)O)NC(=O)CCCCCCCCCCCCCCCCCCCCCCCCCCCCCCCCCCC. The molecule has 0 fully saturated rings. The molecule has 0 aliphatic carbocycles. The number of phosphoric ester groups is 1. The molecule has 0 aliphatic heterocycles. The molecular weight excluding hydrogens is 802 g/mol. The fourth-order valence-electron chi connectivity index (χ4n) is 8.99. The van der Waals surface area contributed by atoms with E-state index in [0.717, 1.165) is 38.5 Å². The number of nitrogens with one attached hydrogen (secondary N) is 1. The van der Waals surface area contributed by atoms with Gasteiger partial charge in [-0.1, -0.05) is 302 Å². The van der Waals surface area contributed by atoms with Crippen LogP contribution in [-0.2, 0) is 13.9 Å². The fraction of sp³-hybridized carbons (Fsp3) is 0.945. The quantitative estimate of drug-likeness (QED) is 0.0274. The molecule has 0 heterocycles. The summed E-state index contributed by atoms with van der Waals surface area (Å²) in [7, 11) is -4.72. The van der Waals surface area contributed by atoms with E-state index in [1.807, 2.05) is 6.08 Å². The van der Waals surface area contributed by atoms with Gasteiger partial charge in [0.05, 0.1) is 18.8 Å². The predicted octanol–water partition coefficient (Wildman–Crippen LogP) is 17.9. The molecule has 2 atom stereocenters. The van der Waals surface area contributed by atoms with Crippen LogP contribution < -0.4 is 5.32 Å². The number of hydrogen-bond donors (Lipinski definition) is 4. The topological polar surface area (TPSA) is 116 Å². The molecule has 0 aliphatic rings. The first-order valence-corrected chi connectivity index (χ1v) is 29.7. The van der Waals surface area contributed by atoms with Crippen LogP contribution in [0.2, 0.25) is 0 Å². The Morgan fingerprint density at radius 1 is 0.444 bits per heavy atom. The molecule has 0 aromatic carbocycles. The highest BCUT2D eigenvalue weighted by Gasteiger charge is 2.24. The van der Waals surface area contributed by atoms with Gasteiger partial charge < -0.3 is 20.2 Å². The maximum Gasteiger partial charge on any atom is 0.469 e. The molecule has 8 heteroatoms. The van der Waals surface area contributed by atoms with Crippen LogP contribution in [-0.4, -0.2) is 39.6 Å². The predicted molar refractivity (Wildman–Crippen MR) is 273 cm³/mol. The molecule has 0 spiro atoms. The van der Waals surface area contributed by atoms with Gasteiger partial charge in [-0.2, -0.15) is 0 Å². The normalized spacial score (nSPS) is 13.0. The third-order valence-electron chi connectivity index (χ3n) is 13.2. The number of rotatable bonds is 53. The standard InChI is InChI=1S/C55H110NO6P/c1-3-5-7-9-11-13-15-17-19-20-21-22-23-24-25-26-27-28-29-30-31-32-33-34-35-36-37-39-41-43-45-47-49-51-55(58)56-53(52-62-63(59,60)61)54(57)50-48-46-44-42-40-38-18-16-14-12-10-8-6-4-2/h48,50,53-54,57H,3-47,49,51-52H2,1-2H3,(H,56,58)(H2,59,60,61)/b50-48+/t53-,54+/m0/s1. The number of phosphoric acid groups is 1. The summed E-state index contributed by atoms with van der Waals surface area (Å²) >= 11 is 0. The summed E-state index contributed by atoms with van der Waals surface area (Å²) in [4.78, 5) is 31.1. The Kier molecular flexibility index (Phi) is 50.1. The maximum absolute atomic E-state index is 12.7. The highest BCUT2D eigenvalue weighted by molar-refractivity contribution is 7.46. The molecule has 376 valence electrons. The van der Waals surface area contributed by atoms with Crippen LogP contribution in [0.25, 0.3) is 0 Å². The third-order valence-corrected chi connectivity index (χ3v) is 13.7. The van der Waals surface area contributed by atoms with Crippen molar-refractivity contribution in [2.24, 2.45) is 0 Å². The first-order valence-electron chi connectivity index (χ1n) is 28.1. The lowest BCUT2D eigenvalue weighted by Crippen LogP contribution is -2.45. The summed E-state index contributed by atoms with van der Waals surface area (Å²) in [6, 6.07) is -0.906. The number of aliphatic hydroxyl groups excluding tert-OH is 1. The van der Waals surface area contributed by atoms with Crippen LogP contribution in [0.15, 0.2) is 12.2 Å².